The lowest BCUT2D eigenvalue weighted by molar-refractivity contribution is -0.384. The van der Waals surface area contributed by atoms with Crippen LogP contribution >= 0.6 is 0 Å². The van der Waals surface area contributed by atoms with Gasteiger partial charge in [0.25, 0.3) is 5.69 Å². The van der Waals surface area contributed by atoms with E-state index >= 15 is 0 Å². The van der Waals surface area contributed by atoms with Gasteiger partial charge >= 0.3 is 0 Å². The van der Waals surface area contributed by atoms with Gasteiger partial charge in [0.05, 0.1) is 10.6 Å². The van der Waals surface area contributed by atoms with Crippen molar-refractivity contribution in [1.82, 2.24) is 10.3 Å². The molecule has 20 heavy (non-hydrogen) atoms. The van der Waals surface area contributed by atoms with Crippen molar-refractivity contribution in [2.45, 2.75) is 26.8 Å². The molecular formula is C14H17N3O3. The standard InChI is InChI=1S/C14H17N3O3/c1-3-6-15-8-11-9-20-14(16-11)12-7-10(2)4-5-13(12)17(18)19/h4-5,7,9,15H,3,6,8H2,1-2H3. The van der Waals surface area contributed by atoms with Gasteiger partial charge in [-0.3, -0.25) is 10.1 Å². The van der Waals surface area contributed by atoms with Crippen molar-refractivity contribution in [3.05, 3.63) is 45.8 Å². The predicted octanol–water partition coefficient (Wildman–Crippen LogP) is 3.06. The minimum absolute atomic E-state index is 0.00511. The van der Waals surface area contributed by atoms with E-state index in [1.807, 2.05) is 6.92 Å². The zero-order chi connectivity index (χ0) is 14.5. The van der Waals surface area contributed by atoms with E-state index in [-0.39, 0.29) is 11.6 Å². The van der Waals surface area contributed by atoms with Gasteiger partial charge in [0.1, 0.15) is 11.8 Å². The van der Waals surface area contributed by atoms with Gasteiger partial charge < -0.3 is 9.73 Å². The molecule has 0 unspecified atom stereocenters. The Hall–Kier alpha value is -2.21. The molecule has 0 aliphatic heterocycles. The Morgan fingerprint density at radius 2 is 2.25 bits per heavy atom. The molecule has 0 aliphatic rings. The first-order valence-electron chi connectivity index (χ1n) is 6.52. The number of nitro groups is 1. The molecule has 0 spiro atoms. The lowest BCUT2D eigenvalue weighted by Gasteiger charge is -2.00. The number of aryl methyl sites for hydroxylation is 1. The van der Waals surface area contributed by atoms with E-state index in [1.165, 1.54) is 12.3 Å². The average Bonchev–Trinajstić information content (AvgIpc) is 2.87. The number of benzene rings is 1. The summed E-state index contributed by atoms with van der Waals surface area (Å²) in [6.07, 6.45) is 2.57. The molecule has 1 aromatic carbocycles. The molecule has 0 saturated heterocycles. The third kappa shape index (κ3) is 3.21. The molecule has 0 aliphatic carbocycles. The Kier molecular flexibility index (Phi) is 4.47. The summed E-state index contributed by atoms with van der Waals surface area (Å²) in [4.78, 5) is 14.9. The summed E-state index contributed by atoms with van der Waals surface area (Å²) in [7, 11) is 0. The van der Waals surface area contributed by atoms with Crippen LogP contribution in [0.25, 0.3) is 11.5 Å². The molecule has 6 heteroatoms. The lowest BCUT2D eigenvalue weighted by atomic mass is 10.1. The topological polar surface area (TPSA) is 81.2 Å². The summed E-state index contributed by atoms with van der Waals surface area (Å²) in [5.74, 6) is 0.286. The Bertz CT molecular complexity index is 607. The van der Waals surface area contributed by atoms with Gasteiger partial charge in [0.2, 0.25) is 5.89 Å². The summed E-state index contributed by atoms with van der Waals surface area (Å²) in [5.41, 5.74) is 2.08. The second kappa shape index (κ2) is 6.29. The highest BCUT2D eigenvalue weighted by molar-refractivity contribution is 5.67. The van der Waals surface area contributed by atoms with Crippen LogP contribution < -0.4 is 5.32 Å². The first-order chi connectivity index (χ1) is 9.61. The van der Waals surface area contributed by atoms with Crippen LogP contribution in [0.1, 0.15) is 24.6 Å². The maximum atomic E-state index is 11.0. The molecule has 1 N–H and O–H groups in total. The van der Waals surface area contributed by atoms with Gasteiger partial charge in [-0.05, 0) is 31.5 Å². The fraction of sp³-hybridized carbons (Fsp3) is 0.357. The maximum absolute atomic E-state index is 11.0. The molecule has 2 aromatic rings. The minimum atomic E-state index is -0.423. The third-order valence-corrected chi connectivity index (χ3v) is 2.86. The van der Waals surface area contributed by atoms with Crippen molar-refractivity contribution >= 4 is 5.69 Å². The average molecular weight is 275 g/mol. The van der Waals surface area contributed by atoms with E-state index in [0.717, 1.165) is 24.2 Å². The number of oxazole rings is 1. The van der Waals surface area contributed by atoms with E-state index in [2.05, 4.69) is 17.2 Å². The molecule has 1 aromatic heterocycles. The molecule has 0 saturated carbocycles. The Labute approximate surface area is 117 Å². The summed E-state index contributed by atoms with van der Waals surface area (Å²) >= 11 is 0. The van der Waals surface area contributed by atoms with Gasteiger partial charge in [0.15, 0.2) is 0 Å². The van der Waals surface area contributed by atoms with Gasteiger partial charge in [-0.1, -0.05) is 13.0 Å². The van der Waals surface area contributed by atoms with Gasteiger partial charge in [-0.15, -0.1) is 0 Å². The van der Waals surface area contributed by atoms with Gasteiger partial charge in [-0.25, -0.2) is 4.98 Å². The van der Waals surface area contributed by atoms with Crippen molar-refractivity contribution in [3.8, 4) is 11.5 Å². The van der Waals surface area contributed by atoms with Crippen LogP contribution in [0.4, 0.5) is 5.69 Å². The minimum Gasteiger partial charge on any atom is -0.444 e. The van der Waals surface area contributed by atoms with Crippen molar-refractivity contribution in [2.75, 3.05) is 6.54 Å². The smallest absolute Gasteiger partial charge is 0.282 e. The molecule has 0 fully saturated rings. The molecule has 0 bridgehead atoms. The number of rotatable bonds is 6. The highest BCUT2D eigenvalue weighted by Gasteiger charge is 2.19. The number of nitro benzene ring substituents is 1. The van der Waals surface area contributed by atoms with E-state index in [0.29, 0.717) is 12.1 Å². The number of aromatic nitrogens is 1. The number of hydrogen-bond donors (Lipinski definition) is 1. The van der Waals surface area contributed by atoms with Crippen molar-refractivity contribution in [3.63, 3.8) is 0 Å². The van der Waals surface area contributed by atoms with Crippen LogP contribution in [0.15, 0.2) is 28.9 Å². The normalized spacial score (nSPS) is 10.7. The summed E-state index contributed by atoms with van der Waals surface area (Å²) < 4.78 is 5.37. The maximum Gasteiger partial charge on any atom is 0.282 e. The number of hydrogen-bond acceptors (Lipinski definition) is 5. The van der Waals surface area contributed by atoms with Crippen molar-refractivity contribution in [2.24, 2.45) is 0 Å². The molecule has 1 heterocycles. The summed E-state index contributed by atoms with van der Waals surface area (Å²) in [6, 6.07) is 4.89. The van der Waals surface area contributed by atoms with E-state index in [9.17, 15) is 10.1 Å². The molecule has 2 rings (SSSR count). The van der Waals surface area contributed by atoms with Crippen LogP contribution in [-0.4, -0.2) is 16.5 Å². The zero-order valence-electron chi connectivity index (χ0n) is 11.5. The quantitative estimate of drug-likeness (QED) is 0.498. The monoisotopic (exact) mass is 275 g/mol. The fourth-order valence-electron chi connectivity index (χ4n) is 1.89. The highest BCUT2D eigenvalue weighted by Crippen LogP contribution is 2.30. The van der Waals surface area contributed by atoms with Crippen LogP contribution in [0, 0.1) is 17.0 Å². The first kappa shape index (κ1) is 14.2. The number of nitrogens with zero attached hydrogens (tertiary/aromatic N) is 2. The first-order valence-corrected chi connectivity index (χ1v) is 6.52. The predicted molar refractivity (Wildman–Crippen MR) is 75.3 cm³/mol. The van der Waals surface area contributed by atoms with Crippen LogP contribution in [0.3, 0.4) is 0 Å². The van der Waals surface area contributed by atoms with E-state index in [4.69, 9.17) is 4.42 Å². The second-order valence-corrected chi connectivity index (χ2v) is 4.60. The number of nitrogens with one attached hydrogen (secondary N) is 1. The zero-order valence-corrected chi connectivity index (χ0v) is 11.5. The van der Waals surface area contributed by atoms with Crippen LogP contribution in [-0.2, 0) is 6.54 Å². The third-order valence-electron chi connectivity index (χ3n) is 2.86. The van der Waals surface area contributed by atoms with Gasteiger partial charge in [-0.2, -0.15) is 0 Å². The van der Waals surface area contributed by atoms with Crippen LogP contribution in [0.5, 0.6) is 0 Å². The molecule has 0 atom stereocenters. The second-order valence-electron chi connectivity index (χ2n) is 4.60. The Balaban J connectivity index is 2.27. The SMILES string of the molecule is CCCNCc1coc(-c2cc(C)ccc2[N+](=O)[O-])n1. The van der Waals surface area contributed by atoms with Crippen LogP contribution in [0.2, 0.25) is 0 Å². The Morgan fingerprint density at radius 1 is 1.45 bits per heavy atom. The summed E-state index contributed by atoms with van der Waals surface area (Å²) in [6.45, 7) is 5.45. The van der Waals surface area contributed by atoms with Crippen molar-refractivity contribution < 1.29 is 9.34 Å². The van der Waals surface area contributed by atoms with E-state index in [1.54, 1.807) is 12.1 Å². The molecule has 0 amide bonds. The largest absolute Gasteiger partial charge is 0.444 e. The highest BCUT2D eigenvalue weighted by atomic mass is 16.6. The van der Waals surface area contributed by atoms with E-state index < -0.39 is 4.92 Å². The molecular weight excluding hydrogens is 258 g/mol. The lowest BCUT2D eigenvalue weighted by Crippen LogP contribution is -2.13. The molecule has 6 nitrogen and oxygen atoms in total. The van der Waals surface area contributed by atoms with Crippen molar-refractivity contribution in [1.29, 1.82) is 0 Å². The fourth-order valence-corrected chi connectivity index (χ4v) is 1.89. The molecule has 0 radical (unpaired) electrons. The van der Waals surface area contributed by atoms with Gasteiger partial charge in [0, 0.05) is 12.6 Å². The Morgan fingerprint density at radius 3 is 2.95 bits per heavy atom. The summed E-state index contributed by atoms with van der Waals surface area (Å²) in [5, 5.41) is 14.3. The molecule has 106 valence electrons.